The molecule has 2 aromatic rings. The molecule has 0 atom stereocenters. The minimum Gasteiger partial charge on any atom is -0.508 e. The summed E-state index contributed by atoms with van der Waals surface area (Å²) in [5.74, 6) is 0.419. The van der Waals surface area contributed by atoms with E-state index < -0.39 is 0 Å². The molecule has 1 aromatic carbocycles. The van der Waals surface area contributed by atoms with Gasteiger partial charge in [0.1, 0.15) is 5.75 Å². The predicted molar refractivity (Wildman–Crippen MR) is 89.1 cm³/mol. The summed E-state index contributed by atoms with van der Waals surface area (Å²) >= 11 is 0. The number of allylic oxidation sites excluding steroid dienone is 1. The number of aldehydes is 1. The molecule has 0 saturated heterocycles. The van der Waals surface area contributed by atoms with Gasteiger partial charge in [-0.05, 0) is 30.5 Å². The lowest BCUT2D eigenvalue weighted by Gasteiger charge is -2.15. The van der Waals surface area contributed by atoms with E-state index >= 15 is 0 Å². The van der Waals surface area contributed by atoms with Gasteiger partial charge in [0.2, 0.25) is 0 Å². The number of nitrogens with zero attached hydrogens (tertiary/aromatic N) is 2. The van der Waals surface area contributed by atoms with E-state index in [1.165, 1.54) is 0 Å². The number of dihydropyridines is 1. The summed E-state index contributed by atoms with van der Waals surface area (Å²) in [5.41, 5.74) is 3.60. The van der Waals surface area contributed by atoms with E-state index in [2.05, 4.69) is 29.5 Å². The van der Waals surface area contributed by atoms with Crippen LogP contribution in [-0.4, -0.2) is 28.2 Å². The molecule has 3 rings (SSSR count). The van der Waals surface area contributed by atoms with Gasteiger partial charge in [-0.1, -0.05) is 19.9 Å². The molecule has 0 aliphatic carbocycles. The zero-order valence-electron chi connectivity index (χ0n) is 12.9. The Balaban J connectivity index is 2.23. The van der Waals surface area contributed by atoms with Gasteiger partial charge >= 0.3 is 0 Å². The van der Waals surface area contributed by atoms with Crippen LogP contribution in [0.4, 0.5) is 0 Å². The van der Waals surface area contributed by atoms with Crippen LogP contribution < -0.4 is 0 Å². The van der Waals surface area contributed by atoms with Crippen LogP contribution in [0.25, 0.3) is 10.9 Å². The van der Waals surface area contributed by atoms with Gasteiger partial charge in [-0.2, -0.15) is 0 Å². The summed E-state index contributed by atoms with van der Waals surface area (Å²) in [6, 6.07) is 5.17. The van der Waals surface area contributed by atoms with E-state index in [1.54, 1.807) is 12.1 Å². The molecule has 114 valence electrons. The summed E-state index contributed by atoms with van der Waals surface area (Å²) in [7, 11) is 0. The van der Waals surface area contributed by atoms with E-state index in [-0.39, 0.29) is 11.7 Å². The van der Waals surface area contributed by atoms with Crippen LogP contribution in [0.15, 0.2) is 35.3 Å². The van der Waals surface area contributed by atoms with E-state index in [0.717, 1.165) is 41.6 Å². The highest BCUT2D eigenvalue weighted by Gasteiger charge is 2.20. The smallest absolute Gasteiger partial charge is 0.152 e. The Labute approximate surface area is 129 Å². The largest absolute Gasteiger partial charge is 0.508 e. The van der Waals surface area contributed by atoms with Gasteiger partial charge in [0.05, 0.1) is 17.8 Å². The normalized spacial score (nSPS) is 14.6. The number of benzene rings is 1. The van der Waals surface area contributed by atoms with Crippen molar-refractivity contribution in [1.29, 1.82) is 0 Å². The zero-order chi connectivity index (χ0) is 15.7. The van der Waals surface area contributed by atoms with Crippen LogP contribution >= 0.6 is 0 Å². The number of hydrogen-bond acceptors (Lipinski definition) is 3. The summed E-state index contributed by atoms with van der Waals surface area (Å²) in [6.45, 7) is 5.60. The number of carbonyl (C=O) groups is 1. The maximum absolute atomic E-state index is 11.6. The number of aliphatic imine (C=N–C) groups is 1. The number of aromatic nitrogens is 1. The first-order valence-corrected chi connectivity index (χ1v) is 7.62. The molecular formula is C18H20N2O2. The van der Waals surface area contributed by atoms with Crippen LogP contribution in [0.2, 0.25) is 0 Å². The zero-order valence-corrected chi connectivity index (χ0v) is 12.9. The highest BCUT2D eigenvalue weighted by Crippen LogP contribution is 2.32. The fourth-order valence-corrected chi connectivity index (χ4v) is 3.12. The second kappa shape index (κ2) is 5.79. The van der Waals surface area contributed by atoms with Gasteiger partial charge in [-0.25, -0.2) is 0 Å². The van der Waals surface area contributed by atoms with Crippen molar-refractivity contribution in [1.82, 2.24) is 4.57 Å². The van der Waals surface area contributed by atoms with E-state index in [9.17, 15) is 9.90 Å². The predicted octanol–water partition coefficient (Wildman–Crippen LogP) is 3.68. The average Bonchev–Trinajstić information content (AvgIpc) is 2.81. The third-order valence-electron chi connectivity index (χ3n) is 4.03. The van der Waals surface area contributed by atoms with Crippen LogP contribution in [-0.2, 0) is 6.54 Å². The first-order chi connectivity index (χ1) is 10.6. The number of phenols is 1. The molecule has 0 bridgehead atoms. The molecule has 0 amide bonds. The molecule has 0 spiro atoms. The molecule has 22 heavy (non-hydrogen) atoms. The summed E-state index contributed by atoms with van der Waals surface area (Å²) in [4.78, 5) is 16.2. The molecule has 1 aliphatic heterocycles. The molecule has 1 N–H and O–H groups in total. The minimum atomic E-state index is 0.208. The number of rotatable bonds is 4. The average molecular weight is 296 g/mol. The second-order valence-electron chi connectivity index (χ2n) is 5.92. The molecule has 0 saturated carbocycles. The Hall–Kier alpha value is -2.36. The Kier molecular flexibility index (Phi) is 3.84. The quantitative estimate of drug-likeness (QED) is 0.875. The first-order valence-electron chi connectivity index (χ1n) is 7.62. The van der Waals surface area contributed by atoms with Gasteiger partial charge < -0.3 is 9.67 Å². The SMILES string of the molecule is CC(C)c1c(C=O)c2ccc(O)cc2n1CC1=NCCC=C1. The third kappa shape index (κ3) is 2.45. The molecule has 1 aliphatic rings. The Morgan fingerprint density at radius 1 is 1.41 bits per heavy atom. The molecule has 4 heteroatoms. The van der Waals surface area contributed by atoms with E-state index in [0.29, 0.717) is 12.1 Å². The summed E-state index contributed by atoms with van der Waals surface area (Å²) in [5, 5.41) is 10.7. The van der Waals surface area contributed by atoms with Crippen LogP contribution in [0.3, 0.4) is 0 Å². The van der Waals surface area contributed by atoms with Crippen LogP contribution in [0, 0.1) is 0 Å². The number of fused-ring (bicyclic) bond motifs is 1. The lowest BCUT2D eigenvalue weighted by molar-refractivity contribution is 0.112. The van der Waals surface area contributed by atoms with E-state index in [4.69, 9.17) is 0 Å². The van der Waals surface area contributed by atoms with Crippen molar-refractivity contribution in [2.45, 2.75) is 32.7 Å². The van der Waals surface area contributed by atoms with Gasteiger partial charge in [0, 0.05) is 29.3 Å². The number of aromatic hydroxyl groups is 1. The second-order valence-corrected chi connectivity index (χ2v) is 5.92. The molecule has 2 heterocycles. The Morgan fingerprint density at radius 3 is 2.86 bits per heavy atom. The molecular weight excluding hydrogens is 276 g/mol. The van der Waals surface area contributed by atoms with Crippen molar-refractivity contribution < 1.29 is 9.90 Å². The van der Waals surface area contributed by atoms with Gasteiger partial charge in [-0.3, -0.25) is 9.79 Å². The monoisotopic (exact) mass is 296 g/mol. The molecule has 0 fully saturated rings. The minimum absolute atomic E-state index is 0.208. The molecule has 1 aromatic heterocycles. The lowest BCUT2D eigenvalue weighted by atomic mass is 10.0. The fraction of sp³-hybridized carbons (Fsp3) is 0.333. The van der Waals surface area contributed by atoms with Crippen molar-refractivity contribution in [2.75, 3.05) is 6.54 Å². The van der Waals surface area contributed by atoms with Crippen molar-refractivity contribution in [3.63, 3.8) is 0 Å². The summed E-state index contributed by atoms with van der Waals surface area (Å²) in [6.07, 6.45) is 6.07. The van der Waals surface area contributed by atoms with E-state index in [1.807, 2.05) is 12.1 Å². The third-order valence-corrected chi connectivity index (χ3v) is 4.03. The Morgan fingerprint density at radius 2 is 2.23 bits per heavy atom. The van der Waals surface area contributed by atoms with Gasteiger partial charge in [0.25, 0.3) is 0 Å². The van der Waals surface area contributed by atoms with Crippen LogP contribution in [0.1, 0.15) is 42.2 Å². The maximum atomic E-state index is 11.6. The number of phenolic OH excluding ortho intramolecular Hbond substituents is 1. The van der Waals surface area contributed by atoms with Gasteiger partial charge in [-0.15, -0.1) is 0 Å². The molecule has 4 nitrogen and oxygen atoms in total. The van der Waals surface area contributed by atoms with Gasteiger partial charge in [0.15, 0.2) is 6.29 Å². The van der Waals surface area contributed by atoms with Crippen molar-refractivity contribution in [3.8, 4) is 5.75 Å². The highest BCUT2D eigenvalue weighted by atomic mass is 16.3. The number of carbonyl (C=O) groups excluding carboxylic acids is 1. The molecule has 0 unspecified atom stereocenters. The number of hydrogen-bond donors (Lipinski definition) is 1. The summed E-state index contributed by atoms with van der Waals surface area (Å²) < 4.78 is 2.11. The van der Waals surface area contributed by atoms with Crippen molar-refractivity contribution in [2.24, 2.45) is 4.99 Å². The highest BCUT2D eigenvalue weighted by molar-refractivity contribution is 6.02. The Bertz CT molecular complexity index is 782. The van der Waals surface area contributed by atoms with Crippen molar-refractivity contribution >= 4 is 22.9 Å². The maximum Gasteiger partial charge on any atom is 0.152 e. The first kappa shape index (κ1) is 14.6. The van der Waals surface area contributed by atoms with Crippen LogP contribution in [0.5, 0.6) is 5.75 Å². The standard InChI is InChI=1S/C18H20N2O2/c1-12(2)18-16(11-21)15-7-6-14(22)9-17(15)20(18)10-13-5-3-4-8-19-13/h3,5-7,9,11-12,22H,4,8,10H2,1-2H3. The topological polar surface area (TPSA) is 54.6 Å². The fourth-order valence-electron chi connectivity index (χ4n) is 3.12. The van der Waals surface area contributed by atoms with Crippen molar-refractivity contribution in [3.05, 3.63) is 41.6 Å². The molecule has 0 radical (unpaired) electrons. The lowest BCUT2D eigenvalue weighted by Crippen LogP contribution is -2.14.